The van der Waals surface area contributed by atoms with Crippen LogP contribution < -0.4 is 10.2 Å². The number of carbonyl (C=O) groups is 2. The Morgan fingerprint density at radius 2 is 1.71 bits per heavy atom. The monoisotopic (exact) mass is 474 g/mol. The molecule has 2 amide bonds. The Labute approximate surface area is 187 Å². The van der Waals surface area contributed by atoms with Gasteiger partial charge in [0.05, 0.1) is 11.3 Å². The van der Waals surface area contributed by atoms with Crippen molar-refractivity contribution >= 4 is 49.9 Å². The van der Waals surface area contributed by atoms with Gasteiger partial charge in [-0.05, 0) is 75.6 Å². The van der Waals surface area contributed by atoms with E-state index in [9.17, 15) is 9.59 Å². The number of anilines is 2. The number of nitrogens with zero attached hydrogens (tertiary/aromatic N) is 1. The third-order valence-electron chi connectivity index (χ3n) is 5.72. The van der Waals surface area contributed by atoms with Crippen LogP contribution in [-0.4, -0.2) is 18.9 Å². The van der Waals surface area contributed by atoms with Gasteiger partial charge in [-0.3, -0.25) is 9.59 Å². The maximum atomic E-state index is 13.3. The standard InChI is InChI=1S/C25H19BrN2O3/c1-28(25(30)21-13-14-22(26)31-21)20-8-3-2-6-18(20)24(29)27-19-12-11-16-10-9-15-5-4-7-17(19)23(15)16/h2-8,11-14H,9-10H2,1H3,(H,27,29). The molecule has 6 heteroatoms. The summed E-state index contributed by atoms with van der Waals surface area (Å²) >= 11 is 3.21. The van der Waals surface area contributed by atoms with Crippen LogP contribution in [0.1, 0.15) is 32.0 Å². The van der Waals surface area contributed by atoms with Crippen LogP contribution in [0.5, 0.6) is 0 Å². The molecule has 1 aliphatic carbocycles. The SMILES string of the molecule is CN(C(=O)c1ccc(Br)o1)c1ccccc1C(=O)Nc1ccc2c3c(cccc13)CC2. The second kappa shape index (κ2) is 7.71. The van der Waals surface area contributed by atoms with Crippen molar-refractivity contribution in [2.75, 3.05) is 17.3 Å². The summed E-state index contributed by atoms with van der Waals surface area (Å²) in [4.78, 5) is 27.5. The Morgan fingerprint density at radius 3 is 2.48 bits per heavy atom. The number of amides is 2. The average molecular weight is 475 g/mol. The molecule has 0 fully saturated rings. The predicted molar refractivity (Wildman–Crippen MR) is 125 cm³/mol. The van der Waals surface area contributed by atoms with E-state index in [0.29, 0.717) is 15.9 Å². The summed E-state index contributed by atoms with van der Waals surface area (Å²) in [5, 5.41) is 5.34. The molecule has 0 atom stereocenters. The molecular weight excluding hydrogens is 456 g/mol. The molecule has 3 aromatic carbocycles. The molecule has 5 rings (SSSR count). The van der Waals surface area contributed by atoms with Crippen LogP contribution >= 0.6 is 15.9 Å². The number of aryl methyl sites for hydroxylation is 2. The highest BCUT2D eigenvalue weighted by Crippen LogP contribution is 2.35. The Hall–Kier alpha value is -3.38. The molecule has 0 aliphatic heterocycles. The van der Waals surface area contributed by atoms with Gasteiger partial charge in [-0.15, -0.1) is 0 Å². The average Bonchev–Trinajstić information content (AvgIpc) is 3.42. The number of hydrogen-bond acceptors (Lipinski definition) is 3. The van der Waals surface area contributed by atoms with Gasteiger partial charge in [0.15, 0.2) is 10.4 Å². The zero-order chi connectivity index (χ0) is 21.5. The highest BCUT2D eigenvalue weighted by Gasteiger charge is 2.23. The summed E-state index contributed by atoms with van der Waals surface area (Å²) in [6, 6.07) is 20.6. The molecule has 1 N–H and O–H groups in total. The topological polar surface area (TPSA) is 62.6 Å². The molecule has 0 radical (unpaired) electrons. The maximum Gasteiger partial charge on any atom is 0.293 e. The van der Waals surface area contributed by atoms with Gasteiger partial charge < -0.3 is 14.6 Å². The molecule has 1 aromatic heterocycles. The molecule has 1 aliphatic rings. The van der Waals surface area contributed by atoms with Crippen LogP contribution in [0.3, 0.4) is 0 Å². The van der Waals surface area contributed by atoms with Crippen molar-refractivity contribution in [1.82, 2.24) is 0 Å². The number of furan rings is 1. The lowest BCUT2D eigenvalue weighted by molar-refractivity contribution is 0.0965. The van der Waals surface area contributed by atoms with Crippen molar-refractivity contribution in [2.45, 2.75) is 12.8 Å². The number of benzene rings is 3. The van der Waals surface area contributed by atoms with E-state index in [1.807, 2.05) is 18.2 Å². The lowest BCUT2D eigenvalue weighted by Gasteiger charge is -2.20. The third kappa shape index (κ3) is 3.43. The maximum absolute atomic E-state index is 13.3. The van der Waals surface area contributed by atoms with Crippen molar-refractivity contribution in [3.8, 4) is 0 Å². The molecule has 1 heterocycles. The molecule has 0 saturated heterocycles. The number of halogens is 1. The van der Waals surface area contributed by atoms with Gasteiger partial charge in [-0.1, -0.05) is 36.4 Å². The fourth-order valence-electron chi connectivity index (χ4n) is 4.21. The minimum atomic E-state index is -0.337. The van der Waals surface area contributed by atoms with Gasteiger partial charge in [-0.25, -0.2) is 0 Å². The molecule has 0 saturated carbocycles. The molecule has 0 unspecified atom stereocenters. The summed E-state index contributed by atoms with van der Waals surface area (Å²) < 4.78 is 5.86. The van der Waals surface area contributed by atoms with Crippen LogP contribution in [0.4, 0.5) is 11.4 Å². The van der Waals surface area contributed by atoms with E-state index >= 15 is 0 Å². The van der Waals surface area contributed by atoms with Crippen molar-refractivity contribution in [3.05, 3.63) is 93.9 Å². The zero-order valence-electron chi connectivity index (χ0n) is 16.8. The Kier molecular flexibility index (Phi) is 4.87. The summed E-state index contributed by atoms with van der Waals surface area (Å²) in [6.07, 6.45) is 2.06. The second-order valence-electron chi connectivity index (χ2n) is 7.55. The number of hydrogen-bond donors (Lipinski definition) is 1. The van der Waals surface area contributed by atoms with Crippen LogP contribution in [0.15, 0.2) is 75.8 Å². The Balaban J connectivity index is 1.48. The van der Waals surface area contributed by atoms with Gasteiger partial charge in [0.2, 0.25) is 0 Å². The summed E-state index contributed by atoms with van der Waals surface area (Å²) in [7, 11) is 1.63. The second-order valence-corrected chi connectivity index (χ2v) is 8.33. The minimum absolute atomic E-state index is 0.192. The van der Waals surface area contributed by atoms with Gasteiger partial charge >= 0.3 is 0 Å². The van der Waals surface area contributed by atoms with Gasteiger partial charge in [-0.2, -0.15) is 0 Å². The molecule has 0 bridgehead atoms. The van der Waals surface area contributed by atoms with Crippen LogP contribution in [-0.2, 0) is 12.8 Å². The number of rotatable bonds is 4. The first-order chi connectivity index (χ1) is 15.0. The van der Waals surface area contributed by atoms with E-state index in [0.717, 1.165) is 23.9 Å². The van der Waals surface area contributed by atoms with E-state index in [4.69, 9.17) is 4.42 Å². The minimum Gasteiger partial charge on any atom is -0.444 e. The highest BCUT2D eigenvalue weighted by molar-refractivity contribution is 9.10. The number of carbonyl (C=O) groups excluding carboxylic acids is 2. The summed E-state index contributed by atoms with van der Waals surface area (Å²) in [5.74, 6) is -0.414. The highest BCUT2D eigenvalue weighted by atomic mass is 79.9. The Morgan fingerprint density at radius 1 is 0.935 bits per heavy atom. The smallest absolute Gasteiger partial charge is 0.293 e. The molecular formula is C25H19BrN2O3. The molecule has 31 heavy (non-hydrogen) atoms. The lowest BCUT2D eigenvalue weighted by atomic mass is 10.0. The van der Waals surface area contributed by atoms with E-state index in [1.165, 1.54) is 21.4 Å². The van der Waals surface area contributed by atoms with Gasteiger partial charge in [0.1, 0.15) is 0 Å². The van der Waals surface area contributed by atoms with Crippen LogP contribution in [0, 0.1) is 0 Å². The largest absolute Gasteiger partial charge is 0.444 e. The molecule has 5 nitrogen and oxygen atoms in total. The van der Waals surface area contributed by atoms with Crippen molar-refractivity contribution < 1.29 is 14.0 Å². The van der Waals surface area contributed by atoms with Gasteiger partial charge in [0.25, 0.3) is 11.8 Å². The first-order valence-corrected chi connectivity index (χ1v) is 10.8. The molecule has 154 valence electrons. The van der Waals surface area contributed by atoms with Gasteiger partial charge in [0, 0.05) is 18.1 Å². The summed E-state index contributed by atoms with van der Waals surface area (Å²) in [6.45, 7) is 0. The first-order valence-electron chi connectivity index (χ1n) is 10.00. The number of para-hydroxylation sites is 1. The van der Waals surface area contributed by atoms with E-state index < -0.39 is 0 Å². The summed E-state index contributed by atoms with van der Waals surface area (Å²) in [5.41, 5.74) is 4.32. The normalized spacial score (nSPS) is 12.2. The van der Waals surface area contributed by atoms with Crippen molar-refractivity contribution in [1.29, 1.82) is 0 Å². The quantitative estimate of drug-likeness (QED) is 0.405. The zero-order valence-corrected chi connectivity index (χ0v) is 18.4. The predicted octanol–water partition coefficient (Wildman–Crippen LogP) is 5.82. The number of nitrogens with one attached hydrogen (secondary N) is 1. The third-order valence-corrected chi connectivity index (χ3v) is 6.15. The molecule has 0 spiro atoms. The van der Waals surface area contributed by atoms with E-state index in [2.05, 4.69) is 33.4 Å². The van der Waals surface area contributed by atoms with Crippen LogP contribution in [0.25, 0.3) is 10.8 Å². The van der Waals surface area contributed by atoms with E-state index in [1.54, 1.807) is 43.4 Å². The first kappa shape index (κ1) is 19.6. The van der Waals surface area contributed by atoms with E-state index in [-0.39, 0.29) is 17.6 Å². The lowest BCUT2D eigenvalue weighted by Crippen LogP contribution is -2.28. The van der Waals surface area contributed by atoms with Crippen LogP contribution in [0.2, 0.25) is 0 Å². The van der Waals surface area contributed by atoms with Crippen molar-refractivity contribution in [3.63, 3.8) is 0 Å². The molecule has 4 aromatic rings. The van der Waals surface area contributed by atoms with Crippen molar-refractivity contribution in [2.24, 2.45) is 0 Å². The fourth-order valence-corrected chi connectivity index (χ4v) is 4.51. The fraction of sp³-hybridized carbons (Fsp3) is 0.120. The Bertz CT molecular complexity index is 1330.